The molecule has 0 atom stereocenters. The minimum Gasteiger partial charge on any atom is -0.458 e. The maximum Gasteiger partial charge on any atom is 0.257 e. The minimum atomic E-state index is 0.0208. The van der Waals surface area contributed by atoms with Gasteiger partial charge in [0.15, 0.2) is 0 Å². The van der Waals surface area contributed by atoms with Crippen LogP contribution < -0.4 is 30.9 Å². The number of nitrogens with zero attached hydrogens (tertiary/aromatic N) is 2. The Morgan fingerprint density at radius 1 is 0.522 bits per heavy atom. The zero-order chi connectivity index (χ0) is 30.8. The van der Waals surface area contributed by atoms with Gasteiger partial charge in [-0.15, -0.1) is 0 Å². The second-order valence-electron chi connectivity index (χ2n) is 12.3. The number of anilines is 6. The third kappa shape index (κ3) is 4.07. The molecule has 7 aromatic carbocycles. The highest BCUT2D eigenvalue weighted by Crippen LogP contribution is 2.45. The van der Waals surface area contributed by atoms with E-state index in [1.807, 2.05) is 0 Å². The minimum absolute atomic E-state index is 0.0208. The standard InChI is InChI=1S/C42H31BN2O/c1-28-13-11-18-32(25-28)45-36-21-12-22-39-42(36)43(35-24-23-29(2)26-38(35)45)41-34-20-10-9-19-33(34)37(27-40(41)46-39)44(30-14-5-3-6-15-30)31-16-7-4-8-17-31/h3-27H,1-2H3. The van der Waals surface area contributed by atoms with E-state index in [0.717, 1.165) is 34.2 Å². The van der Waals surface area contributed by atoms with Crippen LogP contribution in [0.4, 0.5) is 34.1 Å². The van der Waals surface area contributed by atoms with Crippen molar-refractivity contribution in [1.29, 1.82) is 0 Å². The Morgan fingerprint density at radius 3 is 1.93 bits per heavy atom. The van der Waals surface area contributed by atoms with Crippen molar-refractivity contribution in [3.63, 3.8) is 0 Å². The summed E-state index contributed by atoms with van der Waals surface area (Å²) in [5, 5.41) is 2.39. The van der Waals surface area contributed by atoms with Crippen molar-refractivity contribution in [2.45, 2.75) is 13.8 Å². The van der Waals surface area contributed by atoms with Gasteiger partial charge in [0.25, 0.3) is 6.71 Å². The van der Waals surface area contributed by atoms with E-state index >= 15 is 0 Å². The van der Waals surface area contributed by atoms with E-state index in [0.29, 0.717) is 0 Å². The van der Waals surface area contributed by atoms with Crippen molar-refractivity contribution in [1.82, 2.24) is 0 Å². The third-order valence-corrected chi connectivity index (χ3v) is 9.38. The van der Waals surface area contributed by atoms with Crippen LogP contribution in [0.15, 0.2) is 152 Å². The lowest BCUT2D eigenvalue weighted by Crippen LogP contribution is -2.59. The van der Waals surface area contributed by atoms with Crippen molar-refractivity contribution >= 4 is 68.0 Å². The predicted octanol–water partition coefficient (Wildman–Crippen LogP) is 9.33. The Hall–Kier alpha value is -5.74. The molecule has 46 heavy (non-hydrogen) atoms. The molecule has 0 amide bonds. The summed E-state index contributed by atoms with van der Waals surface area (Å²) < 4.78 is 6.99. The molecule has 218 valence electrons. The number of para-hydroxylation sites is 2. The van der Waals surface area contributed by atoms with Gasteiger partial charge in [0.1, 0.15) is 11.5 Å². The lowest BCUT2D eigenvalue weighted by Gasteiger charge is -2.41. The molecule has 7 aromatic rings. The number of fused-ring (bicyclic) bond motifs is 6. The highest BCUT2D eigenvalue weighted by Gasteiger charge is 2.43. The fourth-order valence-electron chi connectivity index (χ4n) is 7.45. The zero-order valence-electron chi connectivity index (χ0n) is 25.8. The van der Waals surface area contributed by atoms with Crippen molar-refractivity contribution < 1.29 is 4.74 Å². The van der Waals surface area contributed by atoms with Crippen LogP contribution in [0.2, 0.25) is 0 Å². The summed E-state index contributed by atoms with van der Waals surface area (Å²) in [6, 6.07) is 54.5. The summed E-state index contributed by atoms with van der Waals surface area (Å²) in [5.74, 6) is 1.81. The molecule has 0 aliphatic carbocycles. The summed E-state index contributed by atoms with van der Waals surface area (Å²) in [6.45, 7) is 4.36. The Bertz CT molecular complexity index is 2240. The van der Waals surface area contributed by atoms with Gasteiger partial charge < -0.3 is 14.5 Å². The normalized spacial score (nSPS) is 12.7. The maximum atomic E-state index is 6.99. The van der Waals surface area contributed by atoms with Crippen molar-refractivity contribution in [2.75, 3.05) is 9.80 Å². The van der Waals surface area contributed by atoms with Crippen LogP contribution in [0, 0.1) is 13.8 Å². The van der Waals surface area contributed by atoms with Crippen molar-refractivity contribution in [3.05, 3.63) is 163 Å². The fraction of sp³-hybridized carbons (Fsp3) is 0.0476. The fourth-order valence-corrected chi connectivity index (χ4v) is 7.45. The van der Waals surface area contributed by atoms with E-state index in [-0.39, 0.29) is 6.71 Å². The SMILES string of the molecule is Cc1cccc(N2c3cc(C)ccc3B3c4c(cccc42)Oc2cc(N(c4ccccc4)c4ccccc4)c4ccccc4c23)c1. The van der Waals surface area contributed by atoms with Gasteiger partial charge >= 0.3 is 0 Å². The summed E-state index contributed by atoms with van der Waals surface area (Å²) in [6.07, 6.45) is 0. The van der Waals surface area contributed by atoms with Gasteiger partial charge in [-0.25, -0.2) is 0 Å². The first kappa shape index (κ1) is 26.6. The van der Waals surface area contributed by atoms with Crippen LogP contribution in [0.3, 0.4) is 0 Å². The first-order valence-corrected chi connectivity index (χ1v) is 15.9. The quantitative estimate of drug-likeness (QED) is 0.190. The van der Waals surface area contributed by atoms with Crippen LogP contribution in [0.1, 0.15) is 11.1 Å². The number of aryl methyl sites for hydroxylation is 2. The van der Waals surface area contributed by atoms with Gasteiger partial charge in [0.2, 0.25) is 0 Å². The topological polar surface area (TPSA) is 15.7 Å². The molecule has 4 heteroatoms. The average molecular weight is 591 g/mol. The van der Waals surface area contributed by atoms with Crippen LogP contribution in [-0.4, -0.2) is 6.71 Å². The van der Waals surface area contributed by atoms with E-state index in [1.165, 1.54) is 49.7 Å². The Labute approximate surface area is 270 Å². The second-order valence-corrected chi connectivity index (χ2v) is 12.3. The van der Waals surface area contributed by atoms with Gasteiger partial charge in [-0.3, -0.25) is 0 Å². The number of benzene rings is 7. The maximum absolute atomic E-state index is 6.99. The monoisotopic (exact) mass is 590 g/mol. The molecular formula is C42H31BN2O. The first-order valence-electron chi connectivity index (χ1n) is 15.9. The van der Waals surface area contributed by atoms with Crippen molar-refractivity contribution in [3.8, 4) is 11.5 Å². The van der Waals surface area contributed by atoms with E-state index < -0.39 is 0 Å². The molecule has 3 nitrogen and oxygen atoms in total. The van der Waals surface area contributed by atoms with Crippen molar-refractivity contribution in [2.24, 2.45) is 0 Å². The summed E-state index contributed by atoms with van der Waals surface area (Å²) in [7, 11) is 0. The van der Waals surface area contributed by atoms with E-state index in [4.69, 9.17) is 4.74 Å². The van der Waals surface area contributed by atoms with Crippen LogP contribution >= 0.6 is 0 Å². The highest BCUT2D eigenvalue weighted by atomic mass is 16.5. The molecule has 2 aliphatic rings. The molecule has 2 aliphatic heterocycles. The Kier molecular flexibility index (Phi) is 6.04. The molecule has 0 N–H and O–H groups in total. The van der Waals surface area contributed by atoms with Crippen LogP contribution in [0.5, 0.6) is 11.5 Å². The number of rotatable bonds is 4. The zero-order valence-corrected chi connectivity index (χ0v) is 25.8. The van der Waals surface area contributed by atoms with Crippen LogP contribution in [0.25, 0.3) is 10.8 Å². The van der Waals surface area contributed by atoms with Crippen LogP contribution in [-0.2, 0) is 0 Å². The number of hydrogen-bond acceptors (Lipinski definition) is 3. The largest absolute Gasteiger partial charge is 0.458 e. The molecule has 2 heterocycles. The third-order valence-electron chi connectivity index (χ3n) is 9.38. The molecular weight excluding hydrogens is 559 g/mol. The van der Waals surface area contributed by atoms with Gasteiger partial charge in [-0.05, 0) is 101 Å². The first-order chi connectivity index (χ1) is 22.7. The molecule has 0 spiro atoms. The Morgan fingerprint density at radius 2 is 1.20 bits per heavy atom. The highest BCUT2D eigenvalue weighted by molar-refractivity contribution is 7.00. The van der Waals surface area contributed by atoms with Gasteiger partial charge in [0, 0.05) is 39.9 Å². The molecule has 0 radical (unpaired) electrons. The molecule has 0 fully saturated rings. The van der Waals surface area contributed by atoms with Gasteiger partial charge in [0.05, 0.1) is 5.69 Å². The number of hydrogen-bond donors (Lipinski definition) is 0. The van der Waals surface area contributed by atoms with E-state index in [9.17, 15) is 0 Å². The summed E-state index contributed by atoms with van der Waals surface area (Å²) >= 11 is 0. The molecule has 0 saturated carbocycles. The smallest absolute Gasteiger partial charge is 0.257 e. The Balaban J connectivity index is 1.33. The van der Waals surface area contributed by atoms with E-state index in [2.05, 4.69) is 175 Å². The lowest BCUT2D eigenvalue weighted by molar-refractivity contribution is 0.488. The average Bonchev–Trinajstić information content (AvgIpc) is 3.09. The summed E-state index contributed by atoms with van der Waals surface area (Å²) in [4.78, 5) is 4.76. The van der Waals surface area contributed by atoms with Gasteiger partial charge in [-0.2, -0.15) is 0 Å². The summed E-state index contributed by atoms with van der Waals surface area (Å²) in [5.41, 5.74) is 13.0. The molecule has 0 bridgehead atoms. The second kappa shape index (κ2) is 10.4. The molecule has 9 rings (SSSR count). The molecule has 0 saturated heterocycles. The molecule has 0 aromatic heterocycles. The van der Waals surface area contributed by atoms with Gasteiger partial charge in [-0.1, -0.05) is 91.0 Å². The van der Waals surface area contributed by atoms with E-state index in [1.54, 1.807) is 0 Å². The molecule has 0 unspecified atom stereocenters. The predicted molar refractivity (Wildman–Crippen MR) is 194 cm³/mol. The lowest BCUT2D eigenvalue weighted by atomic mass is 9.33. The number of ether oxygens (including phenoxy) is 1.